The van der Waals surface area contributed by atoms with Crippen LogP contribution in [0.1, 0.15) is 72.3 Å². The molecule has 1 aromatic carbocycles. The van der Waals surface area contributed by atoms with Gasteiger partial charge in [-0.2, -0.15) is 0 Å². The SMILES string of the molecule is CC(C)NC(=O)C[C@H]1C/C=C\CCC[C@H](Cc2ccccc2)C(=O)OC[C@H](C(C)(C)C)NC1=O. The van der Waals surface area contributed by atoms with E-state index in [1.165, 1.54) is 0 Å². The summed E-state index contributed by atoms with van der Waals surface area (Å²) in [5.41, 5.74) is 0.798. The van der Waals surface area contributed by atoms with Gasteiger partial charge in [-0.05, 0) is 56.9 Å². The molecule has 1 heterocycles. The van der Waals surface area contributed by atoms with Crippen LogP contribution in [0.3, 0.4) is 0 Å². The van der Waals surface area contributed by atoms with E-state index >= 15 is 0 Å². The Morgan fingerprint density at radius 2 is 1.82 bits per heavy atom. The number of allylic oxidation sites excluding steroid dienone is 2. The maximum Gasteiger partial charge on any atom is 0.309 e. The molecule has 0 aliphatic carbocycles. The lowest BCUT2D eigenvalue weighted by Crippen LogP contribution is -2.50. The van der Waals surface area contributed by atoms with Crippen molar-refractivity contribution in [1.29, 1.82) is 0 Å². The summed E-state index contributed by atoms with van der Waals surface area (Å²) in [4.78, 5) is 38.6. The number of rotatable bonds is 5. The molecule has 1 aliphatic heterocycles. The molecule has 0 fully saturated rings. The van der Waals surface area contributed by atoms with Crippen LogP contribution in [0, 0.1) is 17.3 Å². The molecule has 3 atom stereocenters. The highest BCUT2D eigenvalue weighted by Crippen LogP contribution is 2.24. The van der Waals surface area contributed by atoms with Gasteiger partial charge in [-0.3, -0.25) is 14.4 Å². The Balaban J connectivity index is 2.19. The topological polar surface area (TPSA) is 84.5 Å². The van der Waals surface area contributed by atoms with Crippen LogP contribution in [-0.2, 0) is 25.5 Å². The van der Waals surface area contributed by atoms with Crippen LogP contribution < -0.4 is 10.6 Å². The number of hydrogen-bond acceptors (Lipinski definition) is 4. The van der Waals surface area contributed by atoms with E-state index in [-0.39, 0.29) is 54.2 Å². The van der Waals surface area contributed by atoms with E-state index in [0.717, 1.165) is 24.8 Å². The van der Waals surface area contributed by atoms with Crippen molar-refractivity contribution in [1.82, 2.24) is 10.6 Å². The third-order valence-corrected chi connectivity index (χ3v) is 6.18. The summed E-state index contributed by atoms with van der Waals surface area (Å²) in [5, 5.41) is 5.95. The molecule has 0 saturated heterocycles. The lowest BCUT2D eigenvalue weighted by atomic mass is 9.86. The molecule has 2 rings (SSSR count). The van der Waals surface area contributed by atoms with E-state index in [9.17, 15) is 14.4 Å². The number of ether oxygens (including phenoxy) is 1. The van der Waals surface area contributed by atoms with Gasteiger partial charge in [0.05, 0.1) is 17.9 Å². The Morgan fingerprint density at radius 1 is 1.12 bits per heavy atom. The molecule has 1 aliphatic rings. The van der Waals surface area contributed by atoms with E-state index < -0.39 is 5.92 Å². The fourth-order valence-electron chi connectivity index (χ4n) is 4.03. The Bertz CT molecular complexity index is 827. The molecule has 0 saturated carbocycles. The quantitative estimate of drug-likeness (QED) is 0.487. The van der Waals surface area contributed by atoms with Crippen molar-refractivity contribution in [3.63, 3.8) is 0 Å². The highest BCUT2D eigenvalue weighted by atomic mass is 16.5. The second-order valence-electron chi connectivity index (χ2n) is 10.7. The Hall–Kier alpha value is -2.63. The van der Waals surface area contributed by atoms with Crippen LogP contribution in [0.15, 0.2) is 42.5 Å². The average Bonchev–Trinajstić information content (AvgIpc) is 2.75. The molecule has 34 heavy (non-hydrogen) atoms. The van der Waals surface area contributed by atoms with Crippen molar-refractivity contribution in [2.45, 2.75) is 85.2 Å². The summed E-state index contributed by atoms with van der Waals surface area (Å²) in [6.07, 6.45) is 7.74. The molecule has 0 bridgehead atoms. The molecular weight excluding hydrogens is 428 g/mol. The zero-order chi connectivity index (χ0) is 25.1. The molecule has 0 spiro atoms. The number of cyclic esters (lactones) is 1. The van der Waals surface area contributed by atoms with Crippen LogP contribution >= 0.6 is 0 Å². The second kappa shape index (κ2) is 13.3. The molecule has 2 N–H and O–H groups in total. The summed E-state index contributed by atoms with van der Waals surface area (Å²) in [5.74, 6) is -1.22. The van der Waals surface area contributed by atoms with Crippen molar-refractivity contribution in [3.05, 3.63) is 48.0 Å². The zero-order valence-electron chi connectivity index (χ0n) is 21.4. The largest absolute Gasteiger partial charge is 0.463 e. The average molecular weight is 471 g/mol. The lowest BCUT2D eigenvalue weighted by molar-refractivity contribution is -0.151. The smallest absolute Gasteiger partial charge is 0.309 e. The third kappa shape index (κ3) is 9.70. The molecule has 6 nitrogen and oxygen atoms in total. The molecule has 0 radical (unpaired) electrons. The van der Waals surface area contributed by atoms with Gasteiger partial charge in [-0.15, -0.1) is 0 Å². The minimum Gasteiger partial charge on any atom is -0.463 e. The van der Waals surface area contributed by atoms with Crippen LogP contribution in [0.25, 0.3) is 0 Å². The monoisotopic (exact) mass is 470 g/mol. The van der Waals surface area contributed by atoms with E-state index in [1.807, 2.05) is 71.0 Å². The van der Waals surface area contributed by atoms with Crippen LogP contribution in [0.2, 0.25) is 0 Å². The number of nitrogens with one attached hydrogen (secondary N) is 2. The van der Waals surface area contributed by atoms with Crippen LogP contribution in [-0.4, -0.2) is 36.5 Å². The Morgan fingerprint density at radius 3 is 2.47 bits per heavy atom. The first-order valence-corrected chi connectivity index (χ1v) is 12.5. The highest BCUT2D eigenvalue weighted by Gasteiger charge is 2.32. The number of benzene rings is 1. The van der Waals surface area contributed by atoms with E-state index in [4.69, 9.17) is 4.74 Å². The third-order valence-electron chi connectivity index (χ3n) is 6.18. The lowest BCUT2D eigenvalue weighted by Gasteiger charge is -2.33. The van der Waals surface area contributed by atoms with Gasteiger partial charge in [0.15, 0.2) is 0 Å². The fourth-order valence-corrected chi connectivity index (χ4v) is 4.03. The molecule has 2 amide bonds. The van der Waals surface area contributed by atoms with E-state index in [2.05, 4.69) is 16.7 Å². The number of hydrogen-bond donors (Lipinski definition) is 2. The van der Waals surface area contributed by atoms with Crippen molar-refractivity contribution in [2.24, 2.45) is 17.3 Å². The van der Waals surface area contributed by atoms with Gasteiger partial charge in [0.1, 0.15) is 6.61 Å². The van der Waals surface area contributed by atoms with Gasteiger partial charge in [-0.1, -0.05) is 63.3 Å². The first kappa shape index (κ1) is 27.6. The predicted molar refractivity (Wildman–Crippen MR) is 135 cm³/mol. The van der Waals surface area contributed by atoms with Crippen molar-refractivity contribution in [2.75, 3.05) is 6.61 Å². The van der Waals surface area contributed by atoms with Gasteiger partial charge in [-0.25, -0.2) is 0 Å². The van der Waals surface area contributed by atoms with E-state index in [1.54, 1.807) is 0 Å². The van der Waals surface area contributed by atoms with Crippen LogP contribution in [0.4, 0.5) is 0 Å². The number of esters is 1. The number of carbonyl (C=O) groups is 3. The normalized spacial score (nSPS) is 24.0. The first-order chi connectivity index (χ1) is 16.1. The van der Waals surface area contributed by atoms with Gasteiger partial charge >= 0.3 is 5.97 Å². The highest BCUT2D eigenvalue weighted by molar-refractivity contribution is 5.86. The minimum absolute atomic E-state index is 0.0233. The standard InChI is InChI=1S/C28H42N2O4/c1-20(2)29-25(31)18-22-15-11-6-7-12-16-23(17-21-13-9-8-10-14-21)27(33)34-19-24(28(3,4)5)30-26(22)32/h6,8-11,13-14,20,22-24H,7,12,15-19H2,1-5H3,(H,29,31)(H,30,32)/b11-6-/t22-,23-,24-/m1/s1. The Kier molecular flexibility index (Phi) is 10.8. The van der Waals surface area contributed by atoms with Crippen molar-refractivity contribution in [3.8, 4) is 0 Å². The summed E-state index contributed by atoms with van der Waals surface area (Å²) in [7, 11) is 0. The molecule has 1 aromatic rings. The van der Waals surface area contributed by atoms with Crippen molar-refractivity contribution >= 4 is 17.8 Å². The zero-order valence-corrected chi connectivity index (χ0v) is 21.4. The summed E-state index contributed by atoms with van der Waals surface area (Å²) < 4.78 is 5.78. The van der Waals surface area contributed by atoms with Gasteiger partial charge < -0.3 is 15.4 Å². The molecule has 0 unspecified atom stereocenters. The van der Waals surface area contributed by atoms with Gasteiger partial charge in [0, 0.05) is 12.5 Å². The summed E-state index contributed by atoms with van der Waals surface area (Å²) in [6.45, 7) is 9.95. The molecule has 0 aromatic heterocycles. The predicted octanol–water partition coefficient (Wildman–Crippen LogP) is 4.58. The maximum absolute atomic E-state index is 13.2. The van der Waals surface area contributed by atoms with E-state index in [0.29, 0.717) is 12.8 Å². The molecule has 6 heteroatoms. The maximum atomic E-state index is 13.2. The minimum atomic E-state index is -0.468. The summed E-state index contributed by atoms with van der Waals surface area (Å²) >= 11 is 0. The fraction of sp³-hybridized carbons (Fsp3) is 0.607. The second-order valence-corrected chi connectivity index (χ2v) is 10.7. The molecular formula is C28H42N2O4. The number of carbonyl (C=O) groups excluding carboxylic acids is 3. The number of amides is 2. The van der Waals surface area contributed by atoms with Crippen LogP contribution in [0.5, 0.6) is 0 Å². The van der Waals surface area contributed by atoms with Gasteiger partial charge in [0.25, 0.3) is 0 Å². The first-order valence-electron chi connectivity index (χ1n) is 12.5. The molecule has 188 valence electrons. The summed E-state index contributed by atoms with van der Waals surface area (Å²) in [6, 6.07) is 9.67. The Labute approximate surface area is 204 Å². The van der Waals surface area contributed by atoms with Crippen molar-refractivity contribution < 1.29 is 19.1 Å². The van der Waals surface area contributed by atoms with Gasteiger partial charge in [0.2, 0.25) is 11.8 Å².